The van der Waals surface area contributed by atoms with Crippen LogP contribution in [0.2, 0.25) is 0 Å². The van der Waals surface area contributed by atoms with Gasteiger partial charge in [-0.25, -0.2) is 4.79 Å². The first-order valence-electron chi connectivity index (χ1n) is 6.84. The number of anilines is 1. The second kappa shape index (κ2) is 5.89. The molecule has 1 unspecified atom stereocenters. The maximum Gasteiger partial charge on any atom is 0.321 e. The van der Waals surface area contributed by atoms with Gasteiger partial charge in [0.1, 0.15) is 0 Å². The molecule has 3 heteroatoms. The van der Waals surface area contributed by atoms with Gasteiger partial charge >= 0.3 is 6.03 Å². The van der Waals surface area contributed by atoms with E-state index >= 15 is 0 Å². The fraction of sp³-hybridized carbons (Fsp3) is 0.533. The van der Waals surface area contributed by atoms with E-state index in [0.29, 0.717) is 5.92 Å². The smallest absolute Gasteiger partial charge is 0.321 e. The molecule has 1 atom stereocenters. The average molecular weight is 246 g/mol. The zero-order valence-electron chi connectivity index (χ0n) is 11.3. The van der Waals surface area contributed by atoms with Gasteiger partial charge in [0.2, 0.25) is 0 Å². The Morgan fingerprint density at radius 3 is 3.06 bits per heavy atom. The Labute approximate surface area is 109 Å². The van der Waals surface area contributed by atoms with Gasteiger partial charge in [0.25, 0.3) is 0 Å². The number of carbonyl (C=O) groups excluding carboxylic acids is 1. The highest BCUT2D eigenvalue weighted by atomic mass is 16.2. The van der Waals surface area contributed by atoms with Crippen molar-refractivity contribution in [3.63, 3.8) is 0 Å². The van der Waals surface area contributed by atoms with Crippen LogP contribution in [-0.2, 0) is 6.42 Å². The molecule has 1 fully saturated rings. The zero-order valence-corrected chi connectivity index (χ0v) is 11.3. The topological polar surface area (TPSA) is 32.3 Å². The first-order valence-corrected chi connectivity index (χ1v) is 6.84. The standard InChI is InChI=1S/C15H22N2O/c1-3-13-7-4-8-14(10-13)16-15(18)17-9-5-6-12(2)11-17/h4,7-8,10,12H,3,5-6,9,11H2,1-2H3,(H,16,18). The summed E-state index contributed by atoms with van der Waals surface area (Å²) in [6.45, 7) is 6.08. The number of amides is 2. The lowest BCUT2D eigenvalue weighted by molar-refractivity contribution is 0.182. The number of hydrogen-bond donors (Lipinski definition) is 1. The number of piperidine rings is 1. The number of hydrogen-bond acceptors (Lipinski definition) is 1. The lowest BCUT2D eigenvalue weighted by Crippen LogP contribution is -2.41. The summed E-state index contributed by atoms with van der Waals surface area (Å²) >= 11 is 0. The fourth-order valence-corrected chi connectivity index (χ4v) is 2.45. The third-order valence-electron chi connectivity index (χ3n) is 3.53. The van der Waals surface area contributed by atoms with Gasteiger partial charge in [0.15, 0.2) is 0 Å². The largest absolute Gasteiger partial charge is 0.324 e. The van der Waals surface area contributed by atoms with E-state index in [1.165, 1.54) is 12.0 Å². The molecule has 18 heavy (non-hydrogen) atoms. The van der Waals surface area contributed by atoms with Crippen LogP contribution in [0.3, 0.4) is 0 Å². The summed E-state index contributed by atoms with van der Waals surface area (Å²) in [5.41, 5.74) is 2.15. The van der Waals surface area contributed by atoms with Gasteiger partial charge in [-0.15, -0.1) is 0 Å². The van der Waals surface area contributed by atoms with Crippen LogP contribution in [0.15, 0.2) is 24.3 Å². The van der Waals surface area contributed by atoms with Crippen LogP contribution in [0.25, 0.3) is 0 Å². The van der Waals surface area contributed by atoms with Crippen LogP contribution in [-0.4, -0.2) is 24.0 Å². The maximum atomic E-state index is 12.1. The van der Waals surface area contributed by atoms with Crippen LogP contribution in [0.1, 0.15) is 32.3 Å². The van der Waals surface area contributed by atoms with E-state index in [4.69, 9.17) is 0 Å². The van der Waals surface area contributed by atoms with Crippen molar-refractivity contribution in [1.29, 1.82) is 0 Å². The highest BCUT2D eigenvalue weighted by Crippen LogP contribution is 2.17. The molecule has 1 N–H and O–H groups in total. The zero-order chi connectivity index (χ0) is 13.0. The maximum absolute atomic E-state index is 12.1. The summed E-state index contributed by atoms with van der Waals surface area (Å²) in [6.07, 6.45) is 3.34. The van der Waals surface area contributed by atoms with Gasteiger partial charge in [-0.05, 0) is 42.9 Å². The molecular weight excluding hydrogens is 224 g/mol. The summed E-state index contributed by atoms with van der Waals surface area (Å²) < 4.78 is 0. The normalized spacial score (nSPS) is 19.7. The number of urea groups is 1. The van der Waals surface area contributed by atoms with Crippen molar-refractivity contribution in [3.8, 4) is 0 Å². The van der Waals surface area contributed by atoms with Crippen molar-refractivity contribution in [1.82, 2.24) is 4.90 Å². The van der Waals surface area contributed by atoms with Crippen LogP contribution < -0.4 is 5.32 Å². The lowest BCUT2D eigenvalue weighted by atomic mass is 10.0. The van der Waals surface area contributed by atoms with E-state index in [1.807, 2.05) is 23.1 Å². The summed E-state index contributed by atoms with van der Waals surface area (Å²) in [5.74, 6) is 0.617. The summed E-state index contributed by atoms with van der Waals surface area (Å²) in [6, 6.07) is 8.11. The number of carbonyl (C=O) groups is 1. The van der Waals surface area contributed by atoms with Crippen molar-refractivity contribution >= 4 is 11.7 Å². The molecule has 2 rings (SSSR count). The van der Waals surface area contributed by atoms with Gasteiger partial charge in [0.05, 0.1) is 0 Å². The molecule has 0 saturated carbocycles. The molecule has 1 aromatic rings. The van der Waals surface area contributed by atoms with Crippen molar-refractivity contribution in [2.45, 2.75) is 33.1 Å². The molecular formula is C15H22N2O. The predicted octanol–water partition coefficient (Wildman–Crippen LogP) is 3.51. The number of nitrogens with one attached hydrogen (secondary N) is 1. The number of aryl methyl sites for hydroxylation is 1. The Hall–Kier alpha value is -1.51. The fourth-order valence-electron chi connectivity index (χ4n) is 2.45. The molecule has 0 aliphatic carbocycles. The van der Waals surface area contributed by atoms with Crippen LogP contribution >= 0.6 is 0 Å². The Morgan fingerprint density at radius 1 is 1.50 bits per heavy atom. The van der Waals surface area contributed by atoms with E-state index in [9.17, 15) is 4.79 Å². The first kappa shape index (κ1) is 12.9. The van der Waals surface area contributed by atoms with Crippen molar-refractivity contribution in [3.05, 3.63) is 29.8 Å². The van der Waals surface area contributed by atoms with E-state index in [1.54, 1.807) is 0 Å². The molecule has 2 amide bonds. The molecule has 1 saturated heterocycles. The Bertz CT molecular complexity index is 417. The molecule has 0 bridgehead atoms. The Kier molecular flexibility index (Phi) is 4.24. The molecule has 1 heterocycles. The van der Waals surface area contributed by atoms with Crippen molar-refractivity contribution < 1.29 is 4.79 Å². The van der Waals surface area contributed by atoms with Gasteiger partial charge < -0.3 is 10.2 Å². The average Bonchev–Trinajstić information content (AvgIpc) is 2.39. The molecule has 0 spiro atoms. The van der Waals surface area contributed by atoms with Crippen LogP contribution in [0.4, 0.5) is 10.5 Å². The second-order valence-corrected chi connectivity index (χ2v) is 5.18. The third-order valence-corrected chi connectivity index (χ3v) is 3.53. The highest BCUT2D eigenvalue weighted by molar-refractivity contribution is 5.89. The molecule has 98 valence electrons. The SMILES string of the molecule is CCc1cccc(NC(=O)N2CCCC(C)C2)c1. The Balaban J connectivity index is 1.97. The Morgan fingerprint density at radius 2 is 2.33 bits per heavy atom. The molecule has 3 nitrogen and oxygen atoms in total. The van der Waals surface area contributed by atoms with Gasteiger partial charge in [0, 0.05) is 18.8 Å². The van der Waals surface area contributed by atoms with E-state index < -0.39 is 0 Å². The number of rotatable bonds is 2. The first-order chi connectivity index (χ1) is 8.69. The minimum atomic E-state index is 0.0369. The van der Waals surface area contributed by atoms with E-state index in [2.05, 4.69) is 25.2 Å². The van der Waals surface area contributed by atoms with Crippen LogP contribution in [0.5, 0.6) is 0 Å². The number of benzene rings is 1. The van der Waals surface area contributed by atoms with Crippen molar-refractivity contribution in [2.24, 2.45) is 5.92 Å². The van der Waals surface area contributed by atoms with Gasteiger partial charge in [-0.3, -0.25) is 0 Å². The van der Waals surface area contributed by atoms with E-state index in [-0.39, 0.29) is 6.03 Å². The van der Waals surface area contributed by atoms with Crippen molar-refractivity contribution in [2.75, 3.05) is 18.4 Å². The minimum absolute atomic E-state index is 0.0369. The number of nitrogens with zero attached hydrogens (tertiary/aromatic N) is 1. The number of likely N-dealkylation sites (tertiary alicyclic amines) is 1. The van der Waals surface area contributed by atoms with E-state index in [0.717, 1.165) is 31.6 Å². The molecule has 1 aromatic carbocycles. The summed E-state index contributed by atoms with van der Waals surface area (Å²) in [5, 5.41) is 2.99. The quantitative estimate of drug-likeness (QED) is 0.851. The van der Waals surface area contributed by atoms with Gasteiger partial charge in [-0.2, -0.15) is 0 Å². The summed E-state index contributed by atoms with van der Waals surface area (Å²) in [4.78, 5) is 14.1. The van der Waals surface area contributed by atoms with Crippen LogP contribution in [0, 0.1) is 5.92 Å². The third kappa shape index (κ3) is 3.25. The minimum Gasteiger partial charge on any atom is -0.324 e. The lowest BCUT2D eigenvalue weighted by Gasteiger charge is -2.30. The molecule has 0 aromatic heterocycles. The van der Waals surface area contributed by atoms with Gasteiger partial charge in [-0.1, -0.05) is 26.0 Å². The molecule has 1 aliphatic rings. The molecule has 1 aliphatic heterocycles. The monoisotopic (exact) mass is 246 g/mol. The summed E-state index contributed by atoms with van der Waals surface area (Å²) in [7, 11) is 0. The second-order valence-electron chi connectivity index (χ2n) is 5.18. The predicted molar refractivity (Wildman–Crippen MR) is 74.8 cm³/mol. The highest BCUT2D eigenvalue weighted by Gasteiger charge is 2.20. The molecule has 0 radical (unpaired) electrons.